The third kappa shape index (κ3) is 6.46. The van der Waals surface area contributed by atoms with Crippen LogP contribution in [0.1, 0.15) is 74.1 Å². The zero-order valence-electron chi connectivity index (χ0n) is 23.0. The first-order valence-electron chi connectivity index (χ1n) is 13.7. The van der Waals surface area contributed by atoms with Gasteiger partial charge in [0.2, 0.25) is 5.91 Å². The topological polar surface area (TPSA) is 158 Å². The predicted molar refractivity (Wildman–Crippen MR) is 150 cm³/mol. The minimum absolute atomic E-state index is 0.0556. The van der Waals surface area contributed by atoms with Gasteiger partial charge in [-0.25, -0.2) is 4.68 Å². The van der Waals surface area contributed by atoms with E-state index in [2.05, 4.69) is 15.4 Å². The Morgan fingerprint density at radius 2 is 1.79 bits per heavy atom. The normalized spacial score (nSPS) is 23.6. The Hall–Kier alpha value is -3.34. The summed E-state index contributed by atoms with van der Waals surface area (Å²) in [4.78, 5) is 31.0. The molecule has 210 valence electrons. The van der Waals surface area contributed by atoms with Crippen molar-refractivity contribution < 1.29 is 19.4 Å². The predicted octanol–water partition coefficient (Wildman–Crippen LogP) is 3.20. The molecule has 1 aliphatic carbocycles. The summed E-state index contributed by atoms with van der Waals surface area (Å²) in [7, 11) is 1.47. The van der Waals surface area contributed by atoms with Gasteiger partial charge in [0.1, 0.15) is 11.9 Å². The van der Waals surface area contributed by atoms with Crippen molar-refractivity contribution in [3.63, 3.8) is 0 Å². The molecule has 0 bridgehead atoms. The van der Waals surface area contributed by atoms with Crippen molar-refractivity contribution in [3.05, 3.63) is 53.0 Å². The number of aliphatic hydroxyl groups is 1. The molecular weight excluding hydrogens is 496 g/mol. The Morgan fingerprint density at radius 1 is 1.13 bits per heavy atom. The highest BCUT2D eigenvalue weighted by atomic mass is 16.5. The molecule has 10 heteroatoms. The number of nitrogens with two attached hydrogens (primary N) is 2. The second kappa shape index (κ2) is 12.7. The molecule has 1 unspecified atom stereocenters. The van der Waals surface area contributed by atoms with E-state index < -0.39 is 18.1 Å². The fourth-order valence-electron chi connectivity index (χ4n) is 5.62. The summed E-state index contributed by atoms with van der Waals surface area (Å²) in [5.41, 5.74) is 15.5. The number of benzene rings is 1. The van der Waals surface area contributed by atoms with Gasteiger partial charge in [-0.05, 0) is 57.6 Å². The fraction of sp³-hybridized carbons (Fsp3) is 0.517. The zero-order valence-corrected chi connectivity index (χ0v) is 23.0. The van der Waals surface area contributed by atoms with Crippen LogP contribution in [0.15, 0.2) is 46.7 Å². The van der Waals surface area contributed by atoms with E-state index >= 15 is 0 Å². The SMILES string of the molecule is C/N=C(\C(NC(=O)[C@@H]1CCCC[C@H]1C(=O)c1ccc(-c2cc(C)nn2C2CCCCO2)cc1)=C(\C)N)[C@@H](N)O. The van der Waals surface area contributed by atoms with Crippen LogP contribution >= 0.6 is 0 Å². The van der Waals surface area contributed by atoms with Gasteiger partial charge in [0, 0.05) is 36.8 Å². The zero-order chi connectivity index (χ0) is 28.1. The number of ether oxygens (including phenoxy) is 1. The molecular formula is C29H40N6O4. The molecule has 6 N–H and O–H groups in total. The first-order valence-corrected chi connectivity index (χ1v) is 13.7. The van der Waals surface area contributed by atoms with E-state index in [0.717, 1.165) is 55.7 Å². The second-order valence-corrected chi connectivity index (χ2v) is 10.5. The van der Waals surface area contributed by atoms with Crippen LogP contribution in [-0.2, 0) is 9.53 Å². The van der Waals surface area contributed by atoms with E-state index in [1.165, 1.54) is 7.05 Å². The third-order valence-electron chi connectivity index (χ3n) is 7.61. The Kier molecular flexibility index (Phi) is 9.32. The van der Waals surface area contributed by atoms with E-state index in [4.69, 9.17) is 16.2 Å². The van der Waals surface area contributed by atoms with Crippen molar-refractivity contribution in [1.29, 1.82) is 0 Å². The van der Waals surface area contributed by atoms with Gasteiger partial charge >= 0.3 is 0 Å². The first kappa shape index (κ1) is 28.7. The number of allylic oxidation sites excluding steroid dienone is 1. The van der Waals surface area contributed by atoms with Crippen LogP contribution < -0.4 is 16.8 Å². The molecule has 4 atom stereocenters. The lowest BCUT2D eigenvalue weighted by molar-refractivity contribution is -0.126. The number of hydrogen-bond acceptors (Lipinski definition) is 8. The summed E-state index contributed by atoms with van der Waals surface area (Å²) in [5.74, 6) is -1.36. The lowest BCUT2D eigenvalue weighted by atomic mass is 9.75. The molecule has 4 rings (SSSR count). The smallest absolute Gasteiger partial charge is 0.228 e. The summed E-state index contributed by atoms with van der Waals surface area (Å²) in [6.45, 7) is 4.29. The molecule has 0 radical (unpaired) electrons. The minimum atomic E-state index is -1.39. The van der Waals surface area contributed by atoms with E-state index in [0.29, 0.717) is 18.4 Å². The number of aliphatic imine (C=N–C) groups is 1. The molecule has 1 amide bonds. The summed E-state index contributed by atoms with van der Waals surface area (Å²) < 4.78 is 7.91. The number of hydrogen-bond donors (Lipinski definition) is 4. The largest absolute Gasteiger partial charge is 0.401 e. The standard InChI is InChI=1S/C29H40N6O4/c1-17-16-23(35(34-17)24-10-6-7-15-39-24)19-11-13-20(14-12-19)27(36)21-8-4-5-9-22(21)29(38)33-25(18(2)30)26(32-3)28(31)37/h11-14,16,21-22,24,28,37H,4-10,15,30-31H2,1-3H3,(H,33,38)/b25-18+,32-26+/t21-,22-,24?,28+/m1/s1. The maximum atomic E-state index is 13.7. The van der Waals surface area contributed by atoms with Crippen molar-refractivity contribution in [1.82, 2.24) is 15.1 Å². The summed E-state index contributed by atoms with van der Waals surface area (Å²) in [6.07, 6.45) is 4.55. The number of nitrogens with zero attached hydrogens (tertiary/aromatic N) is 3. The van der Waals surface area contributed by atoms with Crippen LogP contribution in [0, 0.1) is 18.8 Å². The average molecular weight is 537 g/mol. The monoisotopic (exact) mass is 536 g/mol. The summed E-state index contributed by atoms with van der Waals surface area (Å²) in [5, 5.41) is 17.3. The number of nitrogens with one attached hydrogen (secondary N) is 1. The molecule has 1 saturated carbocycles. The lowest BCUT2D eigenvalue weighted by Gasteiger charge is -2.30. The quantitative estimate of drug-likeness (QED) is 0.229. The Labute approximate surface area is 229 Å². The second-order valence-electron chi connectivity index (χ2n) is 10.5. The lowest BCUT2D eigenvalue weighted by Crippen LogP contribution is -2.44. The number of rotatable bonds is 8. The maximum Gasteiger partial charge on any atom is 0.228 e. The molecule has 1 saturated heterocycles. The maximum absolute atomic E-state index is 13.7. The number of aliphatic hydroxyl groups excluding tert-OH is 1. The first-order chi connectivity index (χ1) is 18.7. The van der Waals surface area contributed by atoms with Crippen LogP contribution in [0.5, 0.6) is 0 Å². The van der Waals surface area contributed by atoms with E-state index in [-0.39, 0.29) is 35.0 Å². The van der Waals surface area contributed by atoms with Crippen LogP contribution in [0.25, 0.3) is 11.3 Å². The highest BCUT2D eigenvalue weighted by Gasteiger charge is 2.37. The average Bonchev–Trinajstić information content (AvgIpc) is 3.34. The van der Waals surface area contributed by atoms with E-state index in [1.807, 2.05) is 41.9 Å². The van der Waals surface area contributed by atoms with Crippen LogP contribution in [0.2, 0.25) is 0 Å². The van der Waals surface area contributed by atoms with Crippen LogP contribution in [0.3, 0.4) is 0 Å². The van der Waals surface area contributed by atoms with Crippen molar-refractivity contribution in [3.8, 4) is 11.3 Å². The molecule has 39 heavy (non-hydrogen) atoms. The number of Topliss-reactive ketones (excluding diaryl/α,β-unsaturated/α-hetero) is 1. The third-order valence-corrected chi connectivity index (χ3v) is 7.61. The minimum Gasteiger partial charge on any atom is -0.401 e. The molecule has 1 aromatic carbocycles. The van der Waals surface area contributed by atoms with Crippen LogP contribution in [0.4, 0.5) is 0 Å². The summed E-state index contributed by atoms with van der Waals surface area (Å²) in [6, 6.07) is 9.57. The number of aromatic nitrogens is 2. The van der Waals surface area contributed by atoms with Gasteiger partial charge in [-0.15, -0.1) is 0 Å². The van der Waals surface area contributed by atoms with E-state index in [1.54, 1.807) is 6.92 Å². The number of ketones is 1. The van der Waals surface area contributed by atoms with Gasteiger partial charge in [-0.2, -0.15) is 5.10 Å². The Bertz CT molecular complexity index is 1240. The molecule has 2 aromatic rings. The van der Waals surface area contributed by atoms with Gasteiger partial charge in [0.05, 0.1) is 17.1 Å². The fourth-order valence-corrected chi connectivity index (χ4v) is 5.62. The summed E-state index contributed by atoms with van der Waals surface area (Å²) >= 11 is 0. The van der Waals surface area contributed by atoms with Gasteiger partial charge in [-0.3, -0.25) is 14.6 Å². The molecule has 2 fully saturated rings. The number of amides is 1. The van der Waals surface area contributed by atoms with Gasteiger partial charge in [0.25, 0.3) is 0 Å². The van der Waals surface area contributed by atoms with Crippen molar-refractivity contribution in [2.75, 3.05) is 13.7 Å². The van der Waals surface area contributed by atoms with Crippen molar-refractivity contribution in [2.24, 2.45) is 28.3 Å². The molecule has 1 aliphatic heterocycles. The van der Waals surface area contributed by atoms with Gasteiger partial charge in [0.15, 0.2) is 12.0 Å². The molecule has 2 heterocycles. The Morgan fingerprint density at radius 3 is 2.38 bits per heavy atom. The molecule has 1 aromatic heterocycles. The van der Waals surface area contributed by atoms with E-state index in [9.17, 15) is 14.7 Å². The Balaban J connectivity index is 1.53. The van der Waals surface area contributed by atoms with Crippen LogP contribution in [-0.4, -0.2) is 52.2 Å². The van der Waals surface area contributed by atoms with Crippen molar-refractivity contribution in [2.45, 2.75) is 71.2 Å². The highest BCUT2D eigenvalue weighted by Crippen LogP contribution is 2.34. The van der Waals surface area contributed by atoms with Gasteiger partial charge < -0.3 is 26.6 Å². The molecule has 10 nitrogen and oxygen atoms in total. The van der Waals surface area contributed by atoms with Gasteiger partial charge in [-0.1, -0.05) is 37.1 Å². The molecule has 0 spiro atoms. The van der Waals surface area contributed by atoms with Crippen molar-refractivity contribution >= 4 is 17.4 Å². The molecule has 2 aliphatic rings. The number of carbonyl (C=O) groups excluding carboxylic acids is 2. The number of aryl methyl sites for hydroxylation is 1. The highest BCUT2D eigenvalue weighted by molar-refractivity contribution is 6.07. The number of carbonyl (C=O) groups is 2.